The molecule has 0 saturated carbocycles. The normalized spacial score (nSPS) is 12.7. The highest BCUT2D eigenvalue weighted by atomic mass is 32.2. The molecule has 1 aromatic heterocycles. The van der Waals surface area contributed by atoms with E-state index >= 15 is 0 Å². The molecule has 0 aliphatic rings. The van der Waals surface area contributed by atoms with Crippen LogP contribution in [-0.4, -0.2) is 49.6 Å². The van der Waals surface area contributed by atoms with E-state index in [9.17, 15) is 4.79 Å². The highest BCUT2D eigenvalue weighted by Gasteiger charge is 2.17. The van der Waals surface area contributed by atoms with Gasteiger partial charge in [-0.1, -0.05) is 18.7 Å². The minimum absolute atomic E-state index is 0.400. The van der Waals surface area contributed by atoms with Gasteiger partial charge in [-0.3, -0.25) is 4.79 Å². The first-order valence-electron chi connectivity index (χ1n) is 4.46. The van der Waals surface area contributed by atoms with Crippen molar-refractivity contribution in [2.75, 3.05) is 12.3 Å². The Bertz CT molecular complexity index is 329. The van der Waals surface area contributed by atoms with E-state index in [-0.39, 0.29) is 0 Å². The molecule has 15 heavy (non-hydrogen) atoms. The lowest BCUT2D eigenvalue weighted by Gasteiger charge is -2.11. The van der Waals surface area contributed by atoms with Crippen molar-refractivity contribution in [3.63, 3.8) is 0 Å². The number of hydrogen-bond acceptors (Lipinski definition) is 6. The van der Waals surface area contributed by atoms with Crippen molar-refractivity contribution < 1.29 is 9.90 Å². The third-order valence-corrected chi connectivity index (χ3v) is 2.81. The second-order valence-corrected chi connectivity index (χ2v) is 3.83. The van der Waals surface area contributed by atoms with E-state index in [1.807, 2.05) is 6.92 Å². The van der Waals surface area contributed by atoms with Gasteiger partial charge in [0, 0.05) is 12.8 Å². The average Bonchev–Trinajstić information content (AvgIpc) is 2.58. The number of rotatable bonds is 6. The van der Waals surface area contributed by atoms with Gasteiger partial charge in [0.25, 0.3) is 0 Å². The summed E-state index contributed by atoms with van der Waals surface area (Å²) in [6.07, 6.45) is 0. The number of carboxylic acids is 1. The minimum Gasteiger partial charge on any atom is -0.480 e. The van der Waals surface area contributed by atoms with Gasteiger partial charge in [0.05, 0.1) is 0 Å². The van der Waals surface area contributed by atoms with Gasteiger partial charge >= 0.3 is 5.97 Å². The summed E-state index contributed by atoms with van der Waals surface area (Å²) < 4.78 is 1.51. The van der Waals surface area contributed by atoms with Gasteiger partial charge in [0.1, 0.15) is 6.04 Å². The van der Waals surface area contributed by atoms with Crippen LogP contribution in [-0.2, 0) is 11.8 Å². The molecule has 1 unspecified atom stereocenters. The zero-order valence-corrected chi connectivity index (χ0v) is 9.36. The van der Waals surface area contributed by atoms with Crippen LogP contribution in [0.5, 0.6) is 0 Å². The molecule has 1 heterocycles. The van der Waals surface area contributed by atoms with Crippen LogP contribution in [0.15, 0.2) is 5.16 Å². The van der Waals surface area contributed by atoms with Gasteiger partial charge in [0.15, 0.2) is 0 Å². The van der Waals surface area contributed by atoms with Crippen LogP contribution < -0.4 is 5.32 Å². The summed E-state index contributed by atoms with van der Waals surface area (Å²) >= 11 is 1.31. The van der Waals surface area contributed by atoms with Crippen molar-refractivity contribution in [1.82, 2.24) is 25.5 Å². The summed E-state index contributed by atoms with van der Waals surface area (Å²) in [4.78, 5) is 10.8. The lowest BCUT2D eigenvalue weighted by atomic mass is 10.3. The maximum absolute atomic E-state index is 10.8. The Balaban J connectivity index is 2.47. The van der Waals surface area contributed by atoms with Crippen LogP contribution >= 0.6 is 11.8 Å². The summed E-state index contributed by atoms with van der Waals surface area (Å²) in [6, 6.07) is -0.572. The smallest absolute Gasteiger partial charge is 0.321 e. The molecular weight excluding hydrogens is 218 g/mol. The molecule has 0 saturated heterocycles. The molecule has 1 rings (SSSR count). The number of nitrogens with zero attached hydrogens (tertiary/aromatic N) is 4. The van der Waals surface area contributed by atoms with Crippen LogP contribution in [0, 0.1) is 0 Å². The van der Waals surface area contributed by atoms with Crippen LogP contribution in [0.3, 0.4) is 0 Å². The lowest BCUT2D eigenvalue weighted by molar-refractivity contribution is -0.138. The number of tetrazole rings is 1. The fourth-order valence-electron chi connectivity index (χ4n) is 0.965. The Morgan fingerprint density at radius 1 is 1.73 bits per heavy atom. The molecule has 0 fully saturated rings. The number of hydrogen-bond donors (Lipinski definition) is 2. The molecular formula is C7H13N5O2S. The quantitative estimate of drug-likeness (QED) is 0.629. The van der Waals surface area contributed by atoms with Crippen molar-refractivity contribution in [2.45, 2.75) is 18.1 Å². The van der Waals surface area contributed by atoms with E-state index < -0.39 is 12.0 Å². The Morgan fingerprint density at radius 2 is 2.47 bits per heavy atom. The third kappa shape index (κ3) is 3.48. The second kappa shape index (κ2) is 5.66. The van der Waals surface area contributed by atoms with E-state index in [0.717, 1.165) is 0 Å². The molecule has 0 aliphatic carbocycles. The fourth-order valence-corrected chi connectivity index (χ4v) is 1.86. The Morgan fingerprint density at radius 3 is 2.93 bits per heavy atom. The Kier molecular flexibility index (Phi) is 4.50. The molecule has 1 aromatic rings. The molecule has 84 valence electrons. The molecule has 2 N–H and O–H groups in total. The maximum atomic E-state index is 10.8. The van der Waals surface area contributed by atoms with Crippen LogP contribution in [0.1, 0.15) is 6.92 Å². The minimum atomic E-state index is -0.862. The van der Waals surface area contributed by atoms with Gasteiger partial charge < -0.3 is 10.4 Å². The maximum Gasteiger partial charge on any atom is 0.321 e. The molecule has 0 spiro atoms. The SMILES string of the molecule is CCNC(CSc1nnnn1C)C(=O)O. The summed E-state index contributed by atoms with van der Waals surface area (Å²) in [6.45, 7) is 2.49. The third-order valence-electron chi connectivity index (χ3n) is 1.71. The summed E-state index contributed by atoms with van der Waals surface area (Å²) in [7, 11) is 1.71. The predicted octanol–water partition coefficient (Wildman–Crippen LogP) is -0.635. The number of thioether (sulfide) groups is 1. The monoisotopic (exact) mass is 231 g/mol. The number of aliphatic carboxylic acids is 1. The van der Waals surface area contributed by atoms with Crippen molar-refractivity contribution in [2.24, 2.45) is 7.05 Å². The average molecular weight is 231 g/mol. The fraction of sp³-hybridized carbons (Fsp3) is 0.714. The Hall–Kier alpha value is -1.15. The highest BCUT2D eigenvalue weighted by Crippen LogP contribution is 2.13. The van der Waals surface area contributed by atoms with Crippen LogP contribution in [0.4, 0.5) is 0 Å². The second-order valence-electron chi connectivity index (χ2n) is 2.84. The highest BCUT2D eigenvalue weighted by molar-refractivity contribution is 7.99. The standard InChI is InChI=1S/C7H13N5O2S/c1-3-8-5(6(13)14)4-15-7-9-10-11-12(7)2/h5,8H,3-4H2,1-2H3,(H,13,14). The molecule has 0 amide bonds. The first-order valence-corrected chi connectivity index (χ1v) is 5.45. The predicted molar refractivity (Wildman–Crippen MR) is 54.6 cm³/mol. The number of carboxylic acid groups (broad SMARTS) is 1. The van der Waals surface area contributed by atoms with Gasteiger partial charge in [-0.05, 0) is 17.0 Å². The van der Waals surface area contributed by atoms with Crippen LogP contribution in [0.2, 0.25) is 0 Å². The zero-order valence-electron chi connectivity index (χ0n) is 8.54. The first-order chi connectivity index (χ1) is 7.15. The summed E-state index contributed by atoms with van der Waals surface area (Å²) in [5.74, 6) is -0.461. The number of likely N-dealkylation sites (N-methyl/N-ethyl adjacent to an activating group) is 1. The number of nitrogens with one attached hydrogen (secondary N) is 1. The molecule has 0 aromatic carbocycles. The molecule has 0 radical (unpaired) electrons. The van der Waals surface area contributed by atoms with Crippen molar-refractivity contribution >= 4 is 17.7 Å². The van der Waals surface area contributed by atoms with Gasteiger partial charge in [-0.15, -0.1) is 5.10 Å². The first kappa shape index (κ1) is 11.9. The molecule has 0 aliphatic heterocycles. The van der Waals surface area contributed by atoms with Crippen molar-refractivity contribution in [3.8, 4) is 0 Å². The Labute approximate surface area is 91.2 Å². The van der Waals surface area contributed by atoms with Crippen molar-refractivity contribution in [1.29, 1.82) is 0 Å². The lowest BCUT2D eigenvalue weighted by Crippen LogP contribution is -2.38. The molecule has 0 bridgehead atoms. The molecule has 7 nitrogen and oxygen atoms in total. The number of aromatic nitrogens is 4. The topological polar surface area (TPSA) is 92.9 Å². The van der Waals surface area contributed by atoms with Crippen molar-refractivity contribution in [3.05, 3.63) is 0 Å². The van der Waals surface area contributed by atoms with Gasteiger partial charge in [0.2, 0.25) is 5.16 Å². The number of aryl methyl sites for hydroxylation is 1. The summed E-state index contributed by atoms with van der Waals surface area (Å²) in [5, 5.41) is 23.2. The summed E-state index contributed by atoms with van der Waals surface area (Å²) in [5.41, 5.74) is 0. The van der Waals surface area contributed by atoms with E-state index in [4.69, 9.17) is 5.11 Å². The van der Waals surface area contributed by atoms with E-state index in [2.05, 4.69) is 20.8 Å². The largest absolute Gasteiger partial charge is 0.480 e. The van der Waals surface area contributed by atoms with E-state index in [0.29, 0.717) is 17.5 Å². The molecule has 1 atom stereocenters. The molecule has 8 heteroatoms. The van der Waals surface area contributed by atoms with Gasteiger partial charge in [-0.2, -0.15) is 0 Å². The van der Waals surface area contributed by atoms with E-state index in [1.165, 1.54) is 16.4 Å². The zero-order chi connectivity index (χ0) is 11.3. The van der Waals surface area contributed by atoms with Crippen LogP contribution in [0.25, 0.3) is 0 Å². The number of carbonyl (C=O) groups is 1. The van der Waals surface area contributed by atoms with Gasteiger partial charge in [-0.25, -0.2) is 4.68 Å². The van der Waals surface area contributed by atoms with E-state index in [1.54, 1.807) is 7.05 Å².